The summed E-state index contributed by atoms with van der Waals surface area (Å²) in [5.41, 5.74) is 0. The Morgan fingerprint density at radius 1 is 1.47 bits per heavy atom. The fourth-order valence-corrected chi connectivity index (χ4v) is 3.77. The van der Waals surface area contributed by atoms with Gasteiger partial charge in [0.1, 0.15) is 0 Å². The summed E-state index contributed by atoms with van der Waals surface area (Å²) in [6, 6.07) is 3.49. The van der Waals surface area contributed by atoms with E-state index in [1.165, 1.54) is 11.3 Å². The summed E-state index contributed by atoms with van der Waals surface area (Å²) in [6.07, 6.45) is 0. The van der Waals surface area contributed by atoms with Crippen molar-refractivity contribution in [1.82, 2.24) is 0 Å². The zero-order valence-electron chi connectivity index (χ0n) is 8.75. The Hall–Kier alpha value is -0.190. The predicted octanol–water partition coefficient (Wildman–Crippen LogP) is 3.01. The quantitative estimate of drug-likeness (QED) is 0.788. The first-order chi connectivity index (χ1) is 7.14. The van der Waals surface area contributed by atoms with Gasteiger partial charge in [-0.1, -0.05) is 6.07 Å². The molecular weight excluding hydrogens is 235 g/mol. The van der Waals surface area contributed by atoms with Crippen LogP contribution in [0.3, 0.4) is 0 Å². The highest BCUT2D eigenvalue weighted by atomic mass is 32.1. The molecular formula is C9H15O4PS. The Balaban J connectivity index is 2.84. The van der Waals surface area contributed by atoms with E-state index in [9.17, 15) is 9.67 Å². The third kappa shape index (κ3) is 3.13. The molecule has 0 unspecified atom stereocenters. The summed E-state index contributed by atoms with van der Waals surface area (Å²) in [7, 11) is -3.43. The summed E-state index contributed by atoms with van der Waals surface area (Å²) in [6.45, 7) is 3.93. The van der Waals surface area contributed by atoms with Crippen LogP contribution >= 0.6 is 18.9 Å². The molecule has 15 heavy (non-hydrogen) atoms. The van der Waals surface area contributed by atoms with Crippen LogP contribution < -0.4 is 0 Å². The number of hydrogen-bond donors (Lipinski definition) is 1. The lowest BCUT2D eigenvalue weighted by molar-refractivity contribution is 0.152. The molecule has 0 saturated heterocycles. The molecule has 1 atom stereocenters. The molecule has 0 aliphatic heterocycles. The van der Waals surface area contributed by atoms with Crippen molar-refractivity contribution in [3.63, 3.8) is 0 Å². The van der Waals surface area contributed by atoms with Crippen LogP contribution in [0.25, 0.3) is 0 Å². The second-order valence-electron chi connectivity index (χ2n) is 2.76. The maximum absolute atomic E-state index is 12.1. The summed E-state index contributed by atoms with van der Waals surface area (Å²) in [4.78, 5) is 0.597. The summed E-state index contributed by atoms with van der Waals surface area (Å²) < 4.78 is 22.2. The number of aliphatic hydroxyl groups excluding tert-OH is 1. The molecule has 0 saturated carbocycles. The van der Waals surface area contributed by atoms with Gasteiger partial charge in [-0.25, -0.2) is 0 Å². The van der Waals surface area contributed by atoms with Crippen molar-refractivity contribution < 1.29 is 18.7 Å². The van der Waals surface area contributed by atoms with Crippen molar-refractivity contribution in [2.45, 2.75) is 19.7 Å². The van der Waals surface area contributed by atoms with E-state index in [4.69, 9.17) is 9.05 Å². The Bertz CT molecular complexity index is 315. The van der Waals surface area contributed by atoms with E-state index in [2.05, 4.69) is 0 Å². The molecule has 0 radical (unpaired) electrons. The van der Waals surface area contributed by atoms with Gasteiger partial charge >= 0.3 is 7.60 Å². The molecule has 0 aliphatic rings. The normalized spacial score (nSPS) is 14.1. The van der Waals surface area contributed by atoms with Crippen LogP contribution in [-0.2, 0) is 13.6 Å². The molecule has 1 rings (SSSR count). The number of rotatable bonds is 6. The minimum Gasteiger partial charge on any atom is -0.376 e. The molecule has 0 aromatic carbocycles. The molecule has 1 heterocycles. The Morgan fingerprint density at radius 2 is 2.07 bits per heavy atom. The van der Waals surface area contributed by atoms with E-state index >= 15 is 0 Å². The van der Waals surface area contributed by atoms with Crippen molar-refractivity contribution >= 4 is 18.9 Å². The Kier molecular flexibility index (Phi) is 4.96. The molecule has 4 nitrogen and oxygen atoms in total. The lowest BCUT2D eigenvalue weighted by Crippen LogP contribution is -2.04. The van der Waals surface area contributed by atoms with Gasteiger partial charge in [0.25, 0.3) is 0 Å². The van der Waals surface area contributed by atoms with E-state index in [0.717, 1.165) is 0 Å². The zero-order valence-corrected chi connectivity index (χ0v) is 10.5. The second-order valence-corrected chi connectivity index (χ2v) is 5.83. The molecule has 86 valence electrons. The second kappa shape index (κ2) is 5.77. The lowest BCUT2D eigenvalue weighted by atomic mass is 10.5. The highest BCUT2D eigenvalue weighted by Crippen LogP contribution is 2.60. The van der Waals surface area contributed by atoms with E-state index in [1.807, 2.05) is 0 Å². The fraction of sp³-hybridized carbons (Fsp3) is 0.556. The van der Waals surface area contributed by atoms with Gasteiger partial charge in [-0.3, -0.25) is 4.57 Å². The van der Waals surface area contributed by atoms with Gasteiger partial charge in [-0.05, 0) is 25.3 Å². The van der Waals surface area contributed by atoms with E-state index in [0.29, 0.717) is 4.88 Å². The van der Waals surface area contributed by atoms with Gasteiger partial charge in [0.2, 0.25) is 0 Å². The first-order valence-electron chi connectivity index (χ1n) is 4.74. The van der Waals surface area contributed by atoms with Crippen LogP contribution in [0.4, 0.5) is 0 Å². The monoisotopic (exact) mass is 250 g/mol. The van der Waals surface area contributed by atoms with E-state index in [-0.39, 0.29) is 13.2 Å². The third-order valence-corrected chi connectivity index (χ3v) is 4.93. The maximum Gasteiger partial charge on any atom is 0.364 e. The SMILES string of the molecule is CCOP(=O)(OCC)[C@H](O)c1cccs1. The van der Waals surface area contributed by atoms with E-state index < -0.39 is 13.4 Å². The van der Waals surface area contributed by atoms with E-state index in [1.54, 1.807) is 31.4 Å². The first kappa shape index (κ1) is 12.9. The summed E-state index contributed by atoms with van der Waals surface area (Å²) >= 11 is 1.33. The minimum atomic E-state index is -3.43. The molecule has 1 aromatic rings. The first-order valence-corrected chi connectivity index (χ1v) is 7.23. The number of hydrogen-bond acceptors (Lipinski definition) is 5. The fourth-order valence-electron chi connectivity index (χ4n) is 1.13. The van der Waals surface area contributed by atoms with Crippen molar-refractivity contribution in [3.05, 3.63) is 22.4 Å². The molecule has 0 amide bonds. The molecule has 0 bridgehead atoms. The van der Waals surface area contributed by atoms with Gasteiger partial charge in [0, 0.05) is 4.88 Å². The molecule has 0 fully saturated rings. The number of aliphatic hydroxyl groups is 1. The van der Waals surface area contributed by atoms with Crippen LogP contribution in [0.1, 0.15) is 24.6 Å². The molecule has 0 spiro atoms. The van der Waals surface area contributed by atoms with Crippen LogP contribution in [0, 0.1) is 0 Å². The van der Waals surface area contributed by atoms with Crippen LogP contribution in [0.2, 0.25) is 0 Å². The van der Waals surface area contributed by atoms with Crippen molar-refractivity contribution in [1.29, 1.82) is 0 Å². The minimum absolute atomic E-state index is 0.250. The van der Waals surface area contributed by atoms with Crippen molar-refractivity contribution in [2.24, 2.45) is 0 Å². The van der Waals surface area contributed by atoms with Gasteiger partial charge < -0.3 is 14.2 Å². The molecule has 0 aliphatic carbocycles. The standard InChI is InChI=1S/C9H15O4PS/c1-3-12-14(11,13-4-2)9(10)8-6-5-7-15-8/h5-7,9-10H,3-4H2,1-2H3/t9-/m0/s1. The topological polar surface area (TPSA) is 55.8 Å². The van der Waals surface area contributed by atoms with Crippen LogP contribution in [0.5, 0.6) is 0 Å². The molecule has 1 N–H and O–H groups in total. The average molecular weight is 250 g/mol. The average Bonchev–Trinajstić information content (AvgIpc) is 2.70. The maximum atomic E-state index is 12.1. The smallest absolute Gasteiger partial charge is 0.364 e. The lowest BCUT2D eigenvalue weighted by Gasteiger charge is -2.21. The Labute approximate surface area is 93.4 Å². The van der Waals surface area contributed by atoms with Crippen LogP contribution in [0.15, 0.2) is 17.5 Å². The van der Waals surface area contributed by atoms with Crippen molar-refractivity contribution in [2.75, 3.05) is 13.2 Å². The predicted molar refractivity (Wildman–Crippen MR) is 60.1 cm³/mol. The van der Waals surface area contributed by atoms with Gasteiger partial charge in [0.05, 0.1) is 13.2 Å². The van der Waals surface area contributed by atoms with Gasteiger partial charge in [-0.2, -0.15) is 0 Å². The largest absolute Gasteiger partial charge is 0.376 e. The Morgan fingerprint density at radius 3 is 2.47 bits per heavy atom. The van der Waals surface area contributed by atoms with Gasteiger partial charge in [-0.15, -0.1) is 11.3 Å². The number of thiophene rings is 1. The highest BCUT2D eigenvalue weighted by molar-refractivity contribution is 7.54. The summed E-state index contributed by atoms with van der Waals surface area (Å²) in [5, 5.41) is 11.7. The summed E-state index contributed by atoms with van der Waals surface area (Å²) in [5.74, 6) is -1.18. The highest BCUT2D eigenvalue weighted by Gasteiger charge is 2.35. The zero-order chi connectivity index (χ0) is 11.3. The molecule has 6 heteroatoms. The molecule has 1 aromatic heterocycles. The van der Waals surface area contributed by atoms with Gasteiger partial charge in [0.15, 0.2) is 5.85 Å². The van der Waals surface area contributed by atoms with Crippen LogP contribution in [-0.4, -0.2) is 18.3 Å². The van der Waals surface area contributed by atoms with Crippen molar-refractivity contribution in [3.8, 4) is 0 Å². The third-order valence-electron chi connectivity index (χ3n) is 1.72.